The molecule has 3 heterocycles. The molecule has 296 valence electrons. The highest BCUT2D eigenvalue weighted by Gasteiger charge is 2.33. The van der Waals surface area contributed by atoms with Crippen LogP contribution in [0.15, 0.2) is 36.5 Å². The predicted octanol–water partition coefficient (Wildman–Crippen LogP) is 8.77. The first-order valence-electron chi connectivity index (χ1n) is 18.4. The summed E-state index contributed by atoms with van der Waals surface area (Å²) >= 11 is 3.53. The van der Waals surface area contributed by atoms with Gasteiger partial charge in [0, 0.05) is 62.3 Å². The van der Waals surface area contributed by atoms with Gasteiger partial charge in [-0.2, -0.15) is 12.6 Å². The van der Waals surface area contributed by atoms with Gasteiger partial charge in [-0.3, -0.25) is 19.2 Å². The van der Waals surface area contributed by atoms with Crippen LogP contribution in [0.25, 0.3) is 10.9 Å². The number of carbonyl (C=O) groups is 3. The van der Waals surface area contributed by atoms with Crippen LogP contribution in [0.4, 0.5) is 19.3 Å². The van der Waals surface area contributed by atoms with Gasteiger partial charge in [0.15, 0.2) is 0 Å². The average molecular weight is 763 g/mol. The van der Waals surface area contributed by atoms with Gasteiger partial charge in [0.25, 0.3) is 6.43 Å². The minimum atomic E-state index is -2.49. The van der Waals surface area contributed by atoms with Crippen molar-refractivity contribution in [2.75, 3.05) is 58.1 Å². The number of aromatic nitrogens is 1. The molecule has 0 radical (unpaired) electrons. The van der Waals surface area contributed by atoms with Crippen molar-refractivity contribution >= 4 is 47.2 Å². The molecular formula is C40H60F2N4O6S. The molecule has 2 saturated heterocycles. The first-order valence-corrected chi connectivity index (χ1v) is 19.3. The second kappa shape index (κ2) is 21.3. The van der Waals surface area contributed by atoms with E-state index in [1.807, 2.05) is 79.7 Å². The number of aryl methyl sites for hydroxylation is 1. The normalized spacial score (nSPS) is 16.5. The number of rotatable bonds is 8. The van der Waals surface area contributed by atoms with Gasteiger partial charge < -0.3 is 19.1 Å². The zero-order valence-electron chi connectivity index (χ0n) is 33.4. The van der Waals surface area contributed by atoms with E-state index in [9.17, 15) is 23.2 Å². The van der Waals surface area contributed by atoms with Gasteiger partial charge in [0.1, 0.15) is 11.4 Å². The number of hydrogen-bond donors (Lipinski definition) is 1. The fraction of sp³-hybridized carbons (Fsp3) is 0.575. The SMILES string of the molecule is CC.CC.COC(=O)c1ccc(C2CN(CC(F)F)CCN2Cc2c(OC)cc(C)c3c2ccn3C(=O)OC(C)(C)C)cc1N1CCCCC1=O.CS. The van der Waals surface area contributed by atoms with Gasteiger partial charge >= 0.3 is 12.1 Å². The largest absolute Gasteiger partial charge is 0.496 e. The lowest BCUT2D eigenvalue weighted by Gasteiger charge is -2.42. The Morgan fingerprint density at radius 3 is 2.25 bits per heavy atom. The Hall–Kier alpha value is -3.68. The van der Waals surface area contributed by atoms with Gasteiger partial charge in [0.05, 0.1) is 37.5 Å². The standard InChI is InChI=1S/C35H44F2N4O6.2C2H6.CH4S/c1-22-17-29(45-5)26(24-12-14-41(32(22)24)34(44)47-35(2,3)4)19-39-16-15-38(21-30(36)37)20-28(39)23-10-11-25(33(43)46-6)27(18-23)40-13-8-7-9-31(40)42;3*1-2/h10-12,14,17-18,28,30H,7-9,13,15-16,19-21H2,1-6H3;2*1-2H3;2H,1H3. The number of anilines is 1. The molecule has 0 bridgehead atoms. The molecule has 5 rings (SSSR count). The van der Waals surface area contributed by atoms with E-state index < -0.39 is 24.1 Å². The highest BCUT2D eigenvalue weighted by Crippen LogP contribution is 2.38. The maximum absolute atomic E-state index is 13.6. The number of esters is 1. The number of piperidine rings is 1. The number of alkyl halides is 2. The van der Waals surface area contributed by atoms with Crippen LogP contribution in [-0.4, -0.2) is 97.6 Å². The first kappa shape index (κ1) is 45.5. The highest BCUT2D eigenvalue weighted by molar-refractivity contribution is 7.79. The fourth-order valence-corrected chi connectivity index (χ4v) is 6.64. The lowest BCUT2D eigenvalue weighted by Crippen LogP contribution is -2.49. The summed E-state index contributed by atoms with van der Waals surface area (Å²) in [5.74, 6) is 0.0250. The van der Waals surface area contributed by atoms with Crippen LogP contribution >= 0.6 is 12.6 Å². The summed E-state index contributed by atoms with van der Waals surface area (Å²) in [7, 11) is 2.90. The molecular weight excluding hydrogens is 703 g/mol. The van der Waals surface area contributed by atoms with Crippen LogP contribution < -0.4 is 9.64 Å². The van der Waals surface area contributed by atoms with E-state index in [2.05, 4.69) is 17.5 Å². The Morgan fingerprint density at radius 2 is 1.66 bits per heavy atom. The summed E-state index contributed by atoms with van der Waals surface area (Å²) in [5, 5.41) is 0.821. The van der Waals surface area contributed by atoms with Gasteiger partial charge in [-0.05, 0) is 82.2 Å². The van der Waals surface area contributed by atoms with E-state index in [4.69, 9.17) is 14.2 Å². The van der Waals surface area contributed by atoms with Crippen molar-refractivity contribution in [3.8, 4) is 5.75 Å². The number of methoxy groups -OCH3 is 2. The zero-order chi connectivity index (χ0) is 40.0. The van der Waals surface area contributed by atoms with E-state index in [1.54, 1.807) is 35.4 Å². The summed E-state index contributed by atoms with van der Waals surface area (Å²) < 4.78 is 45.3. The summed E-state index contributed by atoms with van der Waals surface area (Å²) in [6.45, 7) is 17.1. The molecule has 1 unspecified atom stereocenters. The number of ether oxygens (including phenoxy) is 3. The Bertz CT molecular complexity index is 1660. The number of fused-ring (bicyclic) bond motifs is 1. The zero-order valence-corrected chi connectivity index (χ0v) is 34.3. The van der Waals surface area contributed by atoms with E-state index in [1.165, 1.54) is 11.7 Å². The number of thiol groups is 1. The van der Waals surface area contributed by atoms with Crippen molar-refractivity contribution in [1.29, 1.82) is 0 Å². The molecule has 0 N–H and O–H groups in total. The lowest BCUT2D eigenvalue weighted by molar-refractivity contribution is -0.119. The lowest BCUT2D eigenvalue weighted by atomic mass is 9.96. The summed E-state index contributed by atoms with van der Waals surface area (Å²) in [4.78, 5) is 44.5. The quantitative estimate of drug-likeness (QED) is 0.180. The maximum Gasteiger partial charge on any atom is 0.419 e. The van der Waals surface area contributed by atoms with Crippen molar-refractivity contribution in [1.82, 2.24) is 14.4 Å². The van der Waals surface area contributed by atoms with Crippen LogP contribution in [0.3, 0.4) is 0 Å². The number of carbonyl (C=O) groups excluding carboxylic acids is 3. The summed E-state index contributed by atoms with van der Waals surface area (Å²) in [6.07, 6.45) is 2.38. The van der Waals surface area contributed by atoms with Crippen LogP contribution in [0.5, 0.6) is 5.75 Å². The monoisotopic (exact) mass is 762 g/mol. The third-order valence-corrected chi connectivity index (χ3v) is 8.80. The van der Waals surface area contributed by atoms with E-state index >= 15 is 0 Å². The Kier molecular flexibility index (Phi) is 18.3. The molecule has 2 aliphatic heterocycles. The Balaban J connectivity index is 0.00000154. The van der Waals surface area contributed by atoms with Gasteiger partial charge in [-0.25, -0.2) is 18.4 Å². The second-order valence-corrected chi connectivity index (χ2v) is 13.2. The molecule has 1 aromatic heterocycles. The maximum atomic E-state index is 13.6. The Labute approximate surface area is 320 Å². The third-order valence-electron chi connectivity index (χ3n) is 8.80. The minimum absolute atomic E-state index is 0.0698. The van der Waals surface area contributed by atoms with Gasteiger partial charge in [-0.15, -0.1) is 0 Å². The Morgan fingerprint density at radius 1 is 0.981 bits per heavy atom. The first-order chi connectivity index (χ1) is 25.3. The molecule has 2 aromatic carbocycles. The smallest absolute Gasteiger partial charge is 0.419 e. The second-order valence-electron chi connectivity index (χ2n) is 13.2. The molecule has 53 heavy (non-hydrogen) atoms. The number of benzene rings is 2. The van der Waals surface area contributed by atoms with Gasteiger partial charge in [-0.1, -0.05) is 33.8 Å². The topological polar surface area (TPSA) is 93.6 Å². The molecule has 1 atom stereocenters. The molecule has 13 heteroatoms. The van der Waals surface area contributed by atoms with E-state index in [0.29, 0.717) is 56.1 Å². The molecule has 0 saturated carbocycles. The van der Waals surface area contributed by atoms with E-state index in [-0.39, 0.29) is 24.1 Å². The molecule has 1 amide bonds. The van der Waals surface area contributed by atoms with Gasteiger partial charge in [0.2, 0.25) is 5.91 Å². The number of amides is 1. The number of hydrogen-bond acceptors (Lipinski definition) is 9. The fourth-order valence-electron chi connectivity index (χ4n) is 6.64. The number of piperazine rings is 1. The molecule has 0 aliphatic carbocycles. The summed E-state index contributed by atoms with van der Waals surface area (Å²) in [6, 6.07) is 8.72. The molecule has 2 aliphatic rings. The van der Waals surface area contributed by atoms with Crippen LogP contribution in [0, 0.1) is 6.92 Å². The molecule has 10 nitrogen and oxygen atoms in total. The van der Waals surface area contributed by atoms with E-state index in [0.717, 1.165) is 34.9 Å². The molecule has 0 spiro atoms. The molecule has 3 aromatic rings. The van der Waals surface area contributed by atoms with Crippen molar-refractivity contribution < 1.29 is 37.4 Å². The predicted molar refractivity (Wildman–Crippen MR) is 212 cm³/mol. The van der Waals surface area contributed by atoms with Crippen LogP contribution in [-0.2, 0) is 20.8 Å². The average Bonchev–Trinajstić information content (AvgIpc) is 3.61. The van der Waals surface area contributed by atoms with Crippen molar-refractivity contribution in [2.24, 2.45) is 0 Å². The van der Waals surface area contributed by atoms with Crippen molar-refractivity contribution in [2.45, 2.75) is 99.3 Å². The highest BCUT2D eigenvalue weighted by atomic mass is 32.1. The van der Waals surface area contributed by atoms with Crippen molar-refractivity contribution in [3.63, 3.8) is 0 Å². The summed E-state index contributed by atoms with van der Waals surface area (Å²) in [5.41, 5.74) is 3.25. The minimum Gasteiger partial charge on any atom is -0.496 e. The molecule has 2 fully saturated rings. The number of nitrogens with zero attached hydrogens (tertiary/aromatic N) is 4. The van der Waals surface area contributed by atoms with Crippen LogP contribution in [0.1, 0.15) is 101 Å². The van der Waals surface area contributed by atoms with Crippen molar-refractivity contribution in [3.05, 3.63) is 58.8 Å². The van der Waals surface area contributed by atoms with Crippen LogP contribution in [0.2, 0.25) is 0 Å². The third kappa shape index (κ3) is 11.4. The number of halogens is 2.